The van der Waals surface area contributed by atoms with Crippen LogP contribution >= 0.6 is 11.6 Å². The molecule has 0 fully saturated rings. The summed E-state index contributed by atoms with van der Waals surface area (Å²) in [5.41, 5.74) is -1.59. The van der Waals surface area contributed by atoms with Crippen LogP contribution in [0, 0.1) is 6.92 Å². The van der Waals surface area contributed by atoms with Crippen LogP contribution in [0.5, 0.6) is 11.5 Å². The Morgan fingerprint density at radius 2 is 1.96 bits per heavy atom. The topological polar surface area (TPSA) is 82.2 Å². The molecule has 1 N–H and O–H groups in total. The molecule has 7 nitrogen and oxygen atoms in total. The number of tetrazole rings is 1. The summed E-state index contributed by atoms with van der Waals surface area (Å²) < 4.78 is 47.8. The number of halogens is 4. The SMILES string of the molecule is Cc1cc(O)c(Cl)cc1OCc1c(-n2nnn(C)c2=O)cccc1C(F)(F)F. The average Bonchev–Trinajstić information content (AvgIpc) is 2.95. The van der Waals surface area contributed by atoms with Crippen LogP contribution < -0.4 is 10.4 Å². The van der Waals surface area contributed by atoms with Gasteiger partial charge in [0.15, 0.2) is 0 Å². The predicted octanol–water partition coefficient (Wildman–Crippen LogP) is 3.23. The van der Waals surface area contributed by atoms with Crippen LogP contribution in [0.15, 0.2) is 35.1 Å². The van der Waals surface area contributed by atoms with E-state index in [0.717, 1.165) is 15.4 Å². The van der Waals surface area contributed by atoms with Crippen LogP contribution in [0.3, 0.4) is 0 Å². The minimum Gasteiger partial charge on any atom is -0.506 e. The zero-order valence-corrected chi connectivity index (χ0v) is 15.4. The number of phenols is 1. The van der Waals surface area contributed by atoms with Gasteiger partial charge in [-0.2, -0.15) is 22.5 Å². The number of hydrogen-bond donors (Lipinski definition) is 1. The molecule has 0 amide bonds. The first-order chi connectivity index (χ1) is 13.1. The monoisotopic (exact) mass is 414 g/mol. The van der Waals surface area contributed by atoms with Gasteiger partial charge in [-0.05, 0) is 41.1 Å². The van der Waals surface area contributed by atoms with Gasteiger partial charge >= 0.3 is 11.9 Å². The predicted molar refractivity (Wildman–Crippen MR) is 93.8 cm³/mol. The highest BCUT2D eigenvalue weighted by Gasteiger charge is 2.35. The summed E-state index contributed by atoms with van der Waals surface area (Å²) in [6.45, 7) is 1.09. The highest BCUT2D eigenvalue weighted by molar-refractivity contribution is 6.32. The summed E-state index contributed by atoms with van der Waals surface area (Å²) in [4.78, 5) is 12.1. The smallest absolute Gasteiger partial charge is 0.416 e. The normalized spacial score (nSPS) is 11.6. The minimum atomic E-state index is -4.68. The van der Waals surface area contributed by atoms with Gasteiger partial charge in [-0.3, -0.25) is 0 Å². The second-order valence-electron chi connectivity index (χ2n) is 5.96. The van der Waals surface area contributed by atoms with Crippen molar-refractivity contribution in [2.75, 3.05) is 0 Å². The maximum Gasteiger partial charge on any atom is 0.416 e. The molecular weight excluding hydrogens is 401 g/mol. The van der Waals surface area contributed by atoms with Gasteiger partial charge in [-0.1, -0.05) is 17.7 Å². The van der Waals surface area contributed by atoms with Crippen molar-refractivity contribution in [3.05, 3.63) is 62.5 Å². The van der Waals surface area contributed by atoms with Crippen molar-refractivity contribution in [1.29, 1.82) is 0 Å². The lowest BCUT2D eigenvalue weighted by Gasteiger charge is -2.17. The molecule has 0 bridgehead atoms. The summed E-state index contributed by atoms with van der Waals surface area (Å²) in [5, 5.41) is 16.7. The molecule has 0 aliphatic rings. The number of rotatable bonds is 4. The van der Waals surface area contributed by atoms with Crippen LogP contribution in [0.1, 0.15) is 16.7 Å². The zero-order valence-electron chi connectivity index (χ0n) is 14.7. The summed E-state index contributed by atoms with van der Waals surface area (Å²) in [5.74, 6) is 0.0197. The Kier molecular flexibility index (Phi) is 5.07. The molecule has 0 aliphatic heterocycles. The zero-order chi connectivity index (χ0) is 20.6. The third-order valence-electron chi connectivity index (χ3n) is 4.02. The molecule has 0 saturated carbocycles. The Morgan fingerprint density at radius 1 is 1.25 bits per heavy atom. The number of benzene rings is 2. The van der Waals surface area contributed by atoms with Crippen molar-refractivity contribution in [3.8, 4) is 17.2 Å². The van der Waals surface area contributed by atoms with Gasteiger partial charge in [-0.15, -0.1) is 0 Å². The van der Waals surface area contributed by atoms with Gasteiger partial charge in [0.25, 0.3) is 0 Å². The summed E-state index contributed by atoms with van der Waals surface area (Å²) in [6.07, 6.45) is -4.68. The lowest BCUT2D eigenvalue weighted by molar-refractivity contribution is -0.138. The molecule has 0 aliphatic carbocycles. The van der Waals surface area contributed by atoms with Crippen molar-refractivity contribution < 1.29 is 23.0 Å². The van der Waals surface area contributed by atoms with Gasteiger partial charge in [0.1, 0.15) is 18.1 Å². The molecule has 0 radical (unpaired) electrons. The summed E-state index contributed by atoms with van der Waals surface area (Å²) in [7, 11) is 1.33. The summed E-state index contributed by atoms with van der Waals surface area (Å²) in [6, 6.07) is 6.02. The Hall–Kier alpha value is -3.01. The number of aryl methyl sites for hydroxylation is 2. The van der Waals surface area contributed by atoms with Crippen LogP contribution in [0.25, 0.3) is 5.69 Å². The van der Waals surface area contributed by atoms with E-state index in [1.54, 1.807) is 6.92 Å². The van der Waals surface area contributed by atoms with Gasteiger partial charge in [0.05, 0.1) is 16.3 Å². The lowest BCUT2D eigenvalue weighted by atomic mass is 10.1. The summed E-state index contributed by atoms with van der Waals surface area (Å²) >= 11 is 5.85. The third kappa shape index (κ3) is 3.68. The van der Waals surface area contributed by atoms with Crippen LogP contribution in [0.2, 0.25) is 5.02 Å². The quantitative estimate of drug-likeness (QED) is 0.708. The molecule has 0 unspecified atom stereocenters. The van der Waals surface area contributed by atoms with E-state index >= 15 is 0 Å². The molecule has 1 heterocycles. The molecule has 11 heteroatoms. The number of nitrogens with zero attached hydrogens (tertiary/aromatic N) is 4. The first-order valence-electron chi connectivity index (χ1n) is 7.90. The van der Waals surface area contributed by atoms with E-state index < -0.39 is 24.0 Å². The van der Waals surface area contributed by atoms with Crippen molar-refractivity contribution in [3.63, 3.8) is 0 Å². The van der Waals surface area contributed by atoms with Crippen LogP contribution in [-0.4, -0.2) is 24.9 Å². The maximum absolute atomic E-state index is 13.5. The van der Waals surface area contributed by atoms with Gasteiger partial charge in [0, 0.05) is 18.7 Å². The Balaban J connectivity index is 2.09. The minimum absolute atomic E-state index is 0.00456. The highest BCUT2D eigenvalue weighted by atomic mass is 35.5. The molecule has 0 atom stereocenters. The Morgan fingerprint density at radius 3 is 2.57 bits per heavy atom. The maximum atomic E-state index is 13.5. The van der Waals surface area contributed by atoms with Gasteiger partial charge in [-0.25, -0.2) is 4.79 Å². The van der Waals surface area contributed by atoms with E-state index in [1.165, 1.54) is 31.3 Å². The number of alkyl halides is 3. The molecule has 28 heavy (non-hydrogen) atoms. The van der Waals surface area contributed by atoms with Crippen LogP contribution in [0.4, 0.5) is 13.2 Å². The van der Waals surface area contributed by atoms with Crippen molar-refractivity contribution >= 4 is 11.6 Å². The van der Waals surface area contributed by atoms with E-state index in [9.17, 15) is 23.1 Å². The third-order valence-corrected chi connectivity index (χ3v) is 4.33. The number of aromatic hydroxyl groups is 1. The molecule has 2 aromatic carbocycles. The molecule has 0 spiro atoms. The lowest BCUT2D eigenvalue weighted by Crippen LogP contribution is -2.24. The van der Waals surface area contributed by atoms with E-state index in [0.29, 0.717) is 5.56 Å². The molecule has 3 aromatic rings. The fraction of sp³-hybridized carbons (Fsp3) is 0.235. The van der Waals surface area contributed by atoms with E-state index in [2.05, 4.69) is 10.4 Å². The average molecular weight is 415 g/mol. The largest absolute Gasteiger partial charge is 0.506 e. The van der Waals surface area contributed by atoms with E-state index in [1.807, 2.05) is 0 Å². The molecule has 0 saturated heterocycles. The number of ether oxygens (including phenoxy) is 1. The van der Waals surface area contributed by atoms with E-state index in [-0.39, 0.29) is 27.8 Å². The fourth-order valence-electron chi connectivity index (χ4n) is 2.61. The highest BCUT2D eigenvalue weighted by Crippen LogP contribution is 2.36. The first kappa shape index (κ1) is 19.7. The van der Waals surface area contributed by atoms with E-state index in [4.69, 9.17) is 16.3 Å². The number of phenolic OH excluding ortho intramolecular Hbond substituents is 1. The van der Waals surface area contributed by atoms with Crippen molar-refractivity contribution in [1.82, 2.24) is 19.8 Å². The number of aromatic nitrogens is 4. The molecule has 1 aromatic heterocycles. The van der Waals surface area contributed by atoms with Crippen molar-refractivity contribution in [2.45, 2.75) is 19.7 Å². The fourth-order valence-corrected chi connectivity index (χ4v) is 2.76. The van der Waals surface area contributed by atoms with Gasteiger partial charge < -0.3 is 9.84 Å². The molecule has 3 rings (SSSR count). The second-order valence-corrected chi connectivity index (χ2v) is 6.36. The molecular formula is C17H14ClF3N4O3. The number of hydrogen-bond acceptors (Lipinski definition) is 5. The van der Waals surface area contributed by atoms with Gasteiger partial charge in [0.2, 0.25) is 0 Å². The van der Waals surface area contributed by atoms with Crippen LogP contribution in [-0.2, 0) is 19.8 Å². The molecule has 148 valence electrons. The Bertz CT molecular complexity index is 1090. The van der Waals surface area contributed by atoms with Crippen molar-refractivity contribution in [2.24, 2.45) is 7.05 Å². The second kappa shape index (κ2) is 7.19. The Labute approximate surface area is 161 Å². The standard InChI is InChI=1S/C17H14ClF3N4O3/c1-9-6-14(26)12(18)7-15(9)28-8-10-11(17(19,20)21)4-3-5-13(10)25-16(27)24(2)22-23-25/h3-7,26H,8H2,1-2H3. The first-order valence-corrected chi connectivity index (χ1v) is 8.27.